The second kappa shape index (κ2) is 11.8. The Bertz CT molecular complexity index is 1070. The number of halogens is 1. The van der Waals surface area contributed by atoms with Crippen molar-refractivity contribution in [3.8, 4) is 17.6 Å². The number of nitrogens with zero attached hydrogens (tertiary/aromatic N) is 1. The number of carbonyl (C=O) groups excluding carboxylic acids is 2. The highest BCUT2D eigenvalue weighted by Gasteiger charge is 2.16. The lowest BCUT2D eigenvalue weighted by Crippen LogP contribution is -2.15. The summed E-state index contributed by atoms with van der Waals surface area (Å²) in [7, 11) is 0. The molecule has 0 aliphatic heterocycles. The summed E-state index contributed by atoms with van der Waals surface area (Å²) in [6, 6.07) is 10.7. The minimum atomic E-state index is -0.544. The van der Waals surface area contributed by atoms with Gasteiger partial charge in [-0.1, -0.05) is 23.7 Å². The van der Waals surface area contributed by atoms with Crippen LogP contribution < -0.4 is 14.8 Å². The molecule has 0 radical (unpaired) electrons. The van der Waals surface area contributed by atoms with Crippen molar-refractivity contribution >= 4 is 35.2 Å². The first kappa shape index (κ1) is 24.8. The number of rotatable bonds is 9. The van der Waals surface area contributed by atoms with Crippen molar-refractivity contribution in [2.45, 2.75) is 27.7 Å². The zero-order valence-corrected chi connectivity index (χ0v) is 19.2. The van der Waals surface area contributed by atoms with Crippen molar-refractivity contribution in [3.05, 3.63) is 57.6 Å². The summed E-state index contributed by atoms with van der Waals surface area (Å²) in [6.07, 6.45) is 1.41. The van der Waals surface area contributed by atoms with Gasteiger partial charge in [-0.3, -0.25) is 4.79 Å². The summed E-state index contributed by atoms with van der Waals surface area (Å²) in [5.41, 5.74) is 2.86. The first-order chi connectivity index (χ1) is 15.3. The van der Waals surface area contributed by atoms with Crippen LogP contribution in [-0.4, -0.2) is 31.7 Å². The molecule has 0 unspecified atom stereocenters. The molecular weight excluding hydrogens is 432 g/mol. The Balaban J connectivity index is 2.31. The Hall–Kier alpha value is -3.50. The van der Waals surface area contributed by atoms with Crippen LogP contribution in [0.25, 0.3) is 6.08 Å². The molecular formula is C24H25ClN2O5. The van der Waals surface area contributed by atoms with E-state index in [1.807, 2.05) is 38.1 Å². The number of amides is 1. The molecule has 7 nitrogen and oxygen atoms in total. The Kier molecular flexibility index (Phi) is 9.11. The number of esters is 1. The summed E-state index contributed by atoms with van der Waals surface area (Å²) >= 11 is 6.34. The lowest BCUT2D eigenvalue weighted by atomic mass is 10.1. The van der Waals surface area contributed by atoms with Crippen LogP contribution in [0.15, 0.2) is 35.9 Å². The summed E-state index contributed by atoms with van der Waals surface area (Å²) in [5.74, 6) is -0.623. The molecule has 0 saturated heterocycles. The van der Waals surface area contributed by atoms with Gasteiger partial charge < -0.3 is 19.5 Å². The lowest BCUT2D eigenvalue weighted by Gasteiger charge is -2.14. The highest BCUT2D eigenvalue weighted by atomic mass is 35.5. The molecule has 0 fully saturated rings. The third-order valence-corrected chi connectivity index (χ3v) is 4.57. The highest BCUT2D eigenvalue weighted by molar-refractivity contribution is 6.32. The van der Waals surface area contributed by atoms with Gasteiger partial charge in [0, 0.05) is 5.69 Å². The quantitative estimate of drug-likeness (QED) is 0.329. The Morgan fingerprint density at radius 3 is 2.53 bits per heavy atom. The Morgan fingerprint density at radius 1 is 1.12 bits per heavy atom. The number of ether oxygens (including phenoxy) is 3. The zero-order chi connectivity index (χ0) is 23.7. The van der Waals surface area contributed by atoms with E-state index in [2.05, 4.69) is 5.32 Å². The van der Waals surface area contributed by atoms with Crippen LogP contribution in [0.5, 0.6) is 11.5 Å². The minimum absolute atomic E-state index is 0.107. The second-order valence-electron chi connectivity index (χ2n) is 6.80. The standard InChI is InChI=1S/C24H25ClN2O5/c1-5-30-21-12-17(11-19(25)23(21)32-14-22(28)31-6-2)10-18(13-26)24(29)27-20-9-15(3)7-8-16(20)4/h7-12H,5-6,14H2,1-4H3,(H,27,29)/b18-10+. The SMILES string of the molecule is CCOC(=O)COc1c(Cl)cc(/C=C(\C#N)C(=O)Nc2cc(C)ccc2C)cc1OCC. The van der Waals surface area contributed by atoms with Crippen molar-refractivity contribution in [1.29, 1.82) is 5.26 Å². The van der Waals surface area contributed by atoms with Crippen molar-refractivity contribution in [1.82, 2.24) is 0 Å². The molecule has 2 aromatic carbocycles. The minimum Gasteiger partial charge on any atom is -0.490 e. The van der Waals surface area contributed by atoms with E-state index < -0.39 is 11.9 Å². The van der Waals surface area contributed by atoms with Crippen LogP contribution in [0.1, 0.15) is 30.5 Å². The van der Waals surface area contributed by atoms with E-state index in [1.165, 1.54) is 12.1 Å². The second-order valence-corrected chi connectivity index (χ2v) is 7.21. The number of hydrogen-bond acceptors (Lipinski definition) is 6. The molecule has 0 aromatic heterocycles. The van der Waals surface area contributed by atoms with Crippen molar-refractivity contribution in [3.63, 3.8) is 0 Å². The van der Waals surface area contributed by atoms with Crippen LogP contribution in [0, 0.1) is 25.2 Å². The monoisotopic (exact) mass is 456 g/mol. The van der Waals surface area contributed by atoms with Gasteiger partial charge in [-0.25, -0.2) is 4.79 Å². The third-order valence-electron chi connectivity index (χ3n) is 4.29. The molecule has 0 bridgehead atoms. The van der Waals surface area contributed by atoms with E-state index in [0.717, 1.165) is 11.1 Å². The van der Waals surface area contributed by atoms with Crippen LogP contribution in [0.2, 0.25) is 5.02 Å². The van der Waals surface area contributed by atoms with Gasteiger partial charge in [0.2, 0.25) is 0 Å². The molecule has 0 aliphatic carbocycles. The van der Waals surface area contributed by atoms with Crippen LogP contribution in [-0.2, 0) is 14.3 Å². The van der Waals surface area contributed by atoms with E-state index >= 15 is 0 Å². The summed E-state index contributed by atoms with van der Waals surface area (Å²) < 4.78 is 15.9. The van der Waals surface area contributed by atoms with Crippen LogP contribution >= 0.6 is 11.6 Å². The number of nitrogens with one attached hydrogen (secondary N) is 1. The van der Waals surface area contributed by atoms with Crippen molar-refractivity contribution in [2.75, 3.05) is 25.1 Å². The van der Waals surface area contributed by atoms with E-state index in [0.29, 0.717) is 17.9 Å². The predicted octanol–water partition coefficient (Wildman–Crippen LogP) is 4.84. The number of nitriles is 1. The smallest absolute Gasteiger partial charge is 0.344 e. The average Bonchev–Trinajstić information content (AvgIpc) is 2.74. The van der Waals surface area contributed by atoms with Gasteiger partial charge in [0.05, 0.1) is 18.2 Å². The average molecular weight is 457 g/mol. The first-order valence-electron chi connectivity index (χ1n) is 10.0. The van der Waals surface area contributed by atoms with Gasteiger partial charge in [-0.2, -0.15) is 5.26 Å². The number of hydrogen-bond donors (Lipinski definition) is 1. The normalized spacial score (nSPS) is 10.8. The fourth-order valence-electron chi connectivity index (χ4n) is 2.78. The molecule has 1 N–H and O–H groups in total. The van der Waals surface area contributed by atoms with Crippen molar-refractivity contribution in [2.24, 2.45) is 0 Å². The van der Waals surface area contributed by atoms with Gasteiger partial charge in [-0.15, -0.1) is 0 Å². The van der Waals surface area contributed by atoms with Gasteiger partial charge in [-0.05, 0) is 68.7 Å². The molecule has 0 saturated carbocycles. The molecule has 0 aliphatic rings. The molecule has 2 rings (SSSR count). The van der Waals surface area contributed by atoms with Gasteiger partial charge >= 0.3 is 5.97 Å². The molecule has 0 atom stereocenters. The molecule has 2 aromatic rings. The molecule has 8 heteroatoms. The maximum atomic E-state index is 12.7. The number of anilines is 1. The Morgan fingerprint density at radius 2 is 1.88 bits per heavy atom. The topological polar surface area (TPSA) is 97.7 Å². The first-order valence-corrected chi connectivity index (χ1v) is 10.4. The Labute approximate surface area is 192 Å². The van der Waals surface area contributed by atoms with Crippen molar-refractivity contribution < 1.29 is 23.8 Å². The maximum absolute atomic E-state index is 12.7. The van der Waals surface area contributed by atoms with Crippen LogP contribution in [0.3, 0.4) is 0 Å². The highest BCUT2D eigenvalue weighted by Crippen LogP contribution is 2.37. The zero-order valence-electron chi connectivity index (χ0n) is 18.5. The molecule has 0 spiro atoms. The van der Waals surface area contributed by atoms with E-state index in [1.54, 1.807) is 19.9 Å². The molecule has 168 valence electrons. The largest absolute Gasteiger partial charge is 0.490 e. The number of benzene rings is 2. The fourth-order valence-corrected chi connectivity index (χ4v) is 3.06. The lowest BCUT2D eigenvalue weighted by molar-refractivity contribution is -0.145. The summed E-state index contributed by atoms with van der Waals surface area (Å²) in [5, 5.41) is 12.5. The van der Waals surface area contributed by atoms with E-state index in [-0.39, 0.29) is 35.3 Å². The molecule has 0 heterocycles. The maximum Gasteiger partial charge on any atom is 0.344 e. The predicted molar refractivity (Wildman–Crippen MR) is 123 cm³/mol. The fraction of sp³-hybridized carbons (Fsp3) is 0.292. The summed E-state index contributed by atoms with van der Waals surface area (Å²) in [4.78, 5) is 24.3. The van der Waals surface area contributed by atoms with Gasteiger partial charge in [0.15, 0.2) is 18.1 Å². The van der Waals surface area contributed by atoms with Gasteiger partial charge in [0.25, 0.3) is 5.91 Å². The van der Waals surface area contributed by atoms with E-state index in [4.69, 9.17) is 25.8 Å². The number of carbonyl (C=O) groups is 2. The molecule has 32 heavy (non-hydrogen) atoms. The third kappa shape index (κ3) is 6.76. The number of aryl methyl sites for hydroxylation is 2. The van der Waals surface area contributed by atoms with Crippen LogP contribution in [0.4, 0.5) is 5.69 Å². The summed E-state index contributed by atoms with van der Waals surface area (Å²) in [6.45, 7) is 7.48. The molecule has 1 amide bonds. The van der Waals surface area contributed by atoms with E-state index in [9.17, 15) is 14.9 Å². The van der Waals surface area contributed by atoms with Gasteiger partial charge in [0.1, 0.15) is 11.6 Å².